The lowest BCUT2D eigenvalue weighted by atomic mass is 9.40. The molecule has 0 unspecified atom stereocenters. The zero-order chi connectivity index (χ0) is 23.4. The number of fused-ring (bicyclic) bond motifs is 1. The Labute approximate surface area is 192 Å². The van der Waals surface area contributed by atoms with Crippen LogP contribution in [0.15, 0.2) is 24.5 Å². The lowest BCUT2D eigenvalue weighted by Crippen LogP contribution is -2.70. The Bertz CT molecular complexity index is 1340. The van der Waals surface area contributed by atoms with Gasteiger partial charge in [0, 0.05) is 17.7 Å². The normalized spacial score (nSPS) is 23.1. The van der Waals surface area contributed by atoms with Crippen molar-refractivity contribution in [3.05, 3.63) is 41.2 Å². The number of nitriles is 2. The van der Waals surface area contributed by atoms with Gasteiger partial charge in [0.1, 0.15) is 5.75 Å². The van der Waals surface area contributed by atoms with Crippen molar-refractivity contribution in [1.82, 2.24) is 19.5 Å². The summed E-state index contributed by atoms with van der Waals surface area (Å²) in [7, 11) is 0. The molecular formula is C25H25N7O. The molecule has 0 radical (unpaired) electrons. The Morgan fingerprint density at radius 2 is 1.85 bits per heavy atom. The van der Waals surface area contributed by atoms with Gasteiger partial charge in [0.25, 0.3) is 5.88 Å². The molecule has 1 aromatic carbocycles. The van der Waals surface area contributed by atoms with Gasteiger partial charge in [0.2, 0.25) is 5.95 Å². The highest BCUT2D eigenvalue weighted by atomic mass is 16.5. The number of anilines is 1. The van der Waals surface area contributed by atoms with Crippen LogP contribution in [-0.2, 0) is 0 Å². The largest absolute Gasteiger partial charge is 0.436 e. The first-order valence-electron chi connectivity index (χ1n) is 11.1. The van der Waals surface area contributed by atoms with Gasteiger partial charge < -0.3 is 14.6 Å². The standard InChI is InChI=1S/C25H25N7O/c1-15(2)32-14-28-19-21(32)29-23(31-25-10-24(11-25,12-25)13-27)30-22(19)33-20-16(3)8-18(6-5-7-26)9-17(20)4/h5-6,8-9,14-15H,10-12H2,1-4H3,(H,29,30,31)/b6-5+. The van der Waals surface area contributed by atoms with Crippen LogP contribution >= 0.6 is 0 Å². The maximum atomic E-state index is 9.34. The van der Waals surface area contributed by atoms with Gasteiger partial charge in [-0.1, -0.05) is 0 Å². The summed E-state index contributed by atoms with van der Waals surface area (Å²) in [5.74, 6) is 1.60. The second kappa shape index (κ2) is 7.31. The number of benzene rings is 1. The van der Waals surface area contributed by atoms with Gasteiger partial charge in [-0.05, 0) is 81.9 Å². The molecule has 33 heavy (non-hydrogen) atoms. The smallest absolute Gasteiger partial charge is 0.252 e. The molecule has 8 nitrogen and oxygen atoms in total. The van der Waals surface area contributed by atoms with Crippen LogP contribution in [0.4, 0.5) is 5.95 Å². The molecule has 3 aliphatic carbocycles. The third-order valence-corrected chi connectivity index (χ3v) is 6.62. The van der Waals surface area contributed by atoms with Gasteiger partial charge in [0.05, 0.1) is 23.9 Å². The van der Waals surface area contributed by atoms with Crippen LogP contribution in [0.25, 0.3) is 17.2 Å². The minimum atomic E-state index is -0.161. The predicted molar refractivity (Wildman–Crippen MR) is 125 cm³/mol. The number of nitrogens with zero attached hydrogens (tertiary/aromatic N) is 6. The molecule has 8 heteroatoms. The van der Waals surface area contributed by atoms with Crippen LogP contribution in [0.1, 0.15) is 55.8 Å². The van der Waals surface area contributed by atoms with E-state index in [9.17, 15) is 5.26 Å². The first-order chi connectivity index (χ1) is 15.8. The van der Waals surface area contributed by atoms with Crippen molar-refractivity contribution in [2.75, 3.05) is 5.32 Å². The van der Waals surface area contributed by atoms with E-state index in [1.807, 2.05) is 36.6 Å². The predicted octanol–water partition coefficient (Wildman–Crippen LogP) is 5.21. The van der Waals surface area contributed by atoms with E-state index in [0.717, 1.165) is 36.0 Å². The van der Waals surface area contributed by atoms with Crippen LogP contribution in [0.5, 0.6) is 11.6 Å². The first-order valence-corrected chi connectivity index (χ1v) is 11.1. The number of hydrogen-bond acceptors (Lipinski definition) is 7. The maximum absolute atomic E-state index is 9.34. The molecule has 3 aromatic rings. The van der Waals surface area contributed by atoms with Crippen molar-refractivity contribution in [3.8, 4) is 23.8 Å². The van der Waals surface area contributed by atoms with Crippen LogP contribution < -0.4 is 10.1 Å². The zero-order valence-corrected chi connectivity index (χ0v) is 19.2. The molecule has 0 aliphatic heterocycles. The highest BCUT2D eigenvalue weighted by Gasteiger charge is 2.69. The van der Waals surface area contributed by atoms with Gasteiger partial charge in [-0.3, -0.25) is 0 Å². The molecule has 2 heterocycles. The minimum Gasteiger partial charge on any atom is -0.436 e. The highest BCUT2D eigenvalue weighted by Crippen LogP contribution is 2.67. The monoisotopic (exact) mass is 439 g/mol. The number of aromatic nitrogens is 4. The van der Waals surface area contributed by atoms with E-state index in [4.69, 9.17) is 20.0 Å². The van der Waals surface area contributed by atoms with Crippen LogP contribution in [0, 0.1) is 41.9 Å². The van der Waals surface area contributed by atoms with E-state index in [0.29, 0.717) is 28.7 Å². The average molecular weight is 440 g/mol. The number of aryl methyl sites for hydroxylation is 2. The molecule has 6 rings (SSSR count). The molecule has 166 valence electrons. The number of allylic oxidation sites excluding steroid dienone is 1. The first kappa shape index (κ1) is 21.0. The Morgan fingerprint density at radius 3 is 2.45 bits per heavy atom. The molecule has 0 atom stereocenters. The molecule has 0 amide bonds. The molecule has 3 aliphatic rings. The third-order valence-electron chi connectivity index (χ3n) is 6.62. The van der Waals surface area contributed by atoms with Gasteiger partial charge in [-0.15, -0.1) is 0 Å². The Balaban J connectivity index is 1.53. The van der Waals surface area contributed by atoms with Gasteiger partial charge in [-0.2, -0.15) is 20.5 Å². The SMILES string of the molecule is Cc1cc(/C=C/C#N)cc(C)c1Oc1nc(NC23CC(C#N)(C2)C3)nc2c1ncn2C(C)C. The molecular weight excluding hydrogens is 414 g/mol. The third kappa shape index (κ3) is 3.39. The van der Waals surface area contributed by atoms with E-state index >= 15 is 0 Å². The summed E-state index contributed by atoms with van der Waals surface area (Å²) >= 11 is 0. The van der Waals surface area contributed by atoms with E-state index in [2.05, 4.69) is 30.2 Å². The number of imidazole rings is 1. The summed E-state index contributed by atoms with van der Waals surface area (Å²) in [6.07, 6.45) is 7.48. The summed E-state index contributed by atoms with van der Waals surface area (Å²) in [4.78, 5) is 14.0. The lowest BCUT2D eigenvalue weighted by molar-refractivity contribution is -0.0665. The molecule has 1 N–H and O–H groups in total. The van der Waals surface area contributed by atoms with Crippen molar-refractivity contribution in [2.24, 2.45) is 5.41 Å². The number of hydrogen-bond donors (Lipinski definition) is 1. The topological polar surface area (TPSA) is 112 Å². The average Bonchev–Trinajstić information content (AvgIpc) is 3.15. The number of nitrogens with one attached hydrogen (secondary N) is 1. The van der Waals surface area contributed by atoms with Crippen molar-refractivity contribution in [3.63, 3.8) is 0 Å². The Hall–Kier alpha value is -3.91. The highest BCUT2D eigenvalue weighted by molar-refractivity contribution is 5.78. The van der Waals surface area contributed by atoms with E-state index in [-0.39, 0.29) is 17.0 Å². The Morgan fingerprint density at radius 1 is 1.15 bits per heavy atom. The minimum absolute atomic E-state index is 0.0933. The maximum Gasteiger partial charge on any atom is 0.252 e. The van der Waals surface area contributed by atoms with Gasteiger partial charge in [0.15, 0.2) is 11.2 Å². The van der Waals surface area contributed by atoms with Crippen molar-refractivity contribution in [1.29, 1.82) is 10.5 Å². The second-order valence-electron chi connectivity index (χ2n) is 9.65. The summed E-state index contributed by atoms with van der Waals surface area (Å²) in [5, 5.41) is 21.6. The summed E-state index contributed by atoms with van der Waals surface area (Å²) in [6, 6.07) is 8.59. The summed E-state index contributed by atoms with van der Waals surface area (Å²) < 4.78 is 8.36. The quantitative estimate of drug-likeness (QED) is 0.524. The van der Waals surface area contributed by atoms with Crippen LogP contribution in [0.2, 0.25) is 0 Å². The number of ether oxygens (including phenoxy) is 1. The number of rotatable bonds is 6. The van der Waals surface area contributed by atoms with Gasteiger partial charge >= 0.3 is 0 Å². The van der Waals surface area contributed by atoms with Crippen molar-refractivity contribution in [2.45, 2.75) is 58.5 Å². The van der Waals surface area contributed by atoms with E-state index < -0.39 is 0 Å². The fourth-order valence-electron chi connectivity index (χ4n) is 5.14. The summed E-state index contributed by atoms with van der Waals surface area (Å²) in [5.41, 5.74) is 3.87. The zero-order valence-electron chi connectivity index (χ0n) is 19.2. The van der Waals surface area contributed by atoms with E-state index in [1.165, 1.54) is 6.08 Å². The van der Waals surface area contributed by atoms with E-state index in [1.54, 1.807) is 12.4 Å². The Kier molecular flexibility index (Phi) is 4.65. The van der Waals surface area contributed by atoms with Crippen LogP contribution in [-0.4, -0.2) is 25.1 Å². The van der Waals surface area contributed by atoms with Crippen LogP contribution in [0.3, 0.4) is 0 Å². The van der Waals surface area contributed by atoms with Gasteiger partial charge in [-0.25, -0.2) is 4.98 Å². The molecule has 2 aromatic heterocycles. The molecule has 0 spiro atoms. The molecule has 3 fully saturated rings. The molecule has 0 saturated heterocycles. The lowest BCUT2D eigenvalue weighted by Gasteiger charge is -2.66. The molecule has 2 bridgehead atoms. The fourth-order valence-corrected chi connectivity index (χ4v) is 5.14. The summed E-state index contributed by atoms with van der Waals surface area (Å²) in [6.45, 7) is 8.10. The van der Waals surface area contributed by atoms with Crippen molar-refractivity contribution < 1.29 is 4.74 Å². The second-order valence-corrected chi connectivity index (χ2v) is 9.65. The van der Waals surface area contributed by atoms with Crippen molar-refractivity contribution >= 4 is 23.2 Å². The fraction of sp³-hybridized carbons (Fsp3) is 0.400. The molecule has 3 saturated carbocycles.